The van der Waals surface area contributed by atoms with E-state index in [0.717, 1.165) is 45.1 Å². The van der Waals surface area contributed by atoms with Crippen LogP contribution in [0, 0.1) is 46.3 Å². The Kier molecular flexibility index (Phi) is 9.58. The SMILES string of the molecule is CC(=O)N[C@@H](C)C(=O)N[C@H]1[C@H](O[C@H]2CC[C@@]3(C)C(=CC[C@H]4[C@@H]5C[C@@H]6O[C@]7(CC[C@@H](C)CO7)[C@@H](C)[C@@H]6[C@@]5(C)CC[C@@H]43)C2)O[C@H](CO)[C@@H](O)[C@@H]1O. The summed E-state index contributed by atoms with van der Waals surface area (Å²) in [5.74, 6) is 2.13. The summed E-state index contributed by atoms with van der Waals surface area (Å²) in [5, 5.41) is 36.8. The maximum absolute atomic E-state index is 12.9. The zero-order valence-electron chi connectivity index (χ0n) is 30.2. The topological polar surface area (TPSA) is 156 Å². The van der Waals surface area contributed by atoms with E-state index in [2.05, 4.69) is 44.4 Å². The van der Waals surface area contributed by atoms with Gasteiger partial charge in [0.2, 0.25) is 11.8 Å². The molecule has 5 N–H and O–H groups in total. The van der Waals surface area contributed by atoms with Crippen LogP contribution in [-0.4, -0.2) is 95.0 Å². The van der Waals surface area contributed by atoms with Gasteiger partial charge in [0, 0.05) is 19.3 Å². The molecule has 0 aromatic carbocycles. The third-order valence-corrected chi connectivity index (χ3v) is 14.7. The monoisotopic (exact) mass is 688 g/mol. The number of allylic oxidation sites excluding steroid dienone is 1. The molecule has 11 heteroatoms. The van der Waals surface area contributed by atoms with Crippen LogP contribution in [-0.2, 0) is 28.5 Å². The largest absolute Gasteiger partial charge is 0.394 e. The van der Waals surface area contributed by atoms with Crippen LogP contribution in [0.1, 0.15) is 99.3 Å². The van der Waals surface area contributed by atoms with Crippen molar-refractivity contribution in [1.82, 2.24) is 10.6 Å². The third-order valence-electron chi connectivity index (χ3n) is 14.7. The fourth-order valence-corrected chi connectivity index (χ4v) is 12.0. The summed E-state index contributed by atoms with van der Waals surface area (Å²) in [7, 11) is 0. The normalized spacial score (nSPS) is 51.1. The highest BCUT2D eigenvalue weighted by Gasteiger charge is 2.68. The van der Waals surface area contributed by atoms with E-state index in [1.165, 1.54) is 31.8 Å². The highest BCUT2D eigenvalue weighted by molar-refractivity contribution is 5.86. The van der Waals surface area contributed by atoms with Gasteiger partial charge >= 0.3 is 0 Å². The molecule has 0 radical (unpaired) electrons. The summed E-state index contributed by atoms with van der Waals surface area (Å²) in [6.07, 6.45) is 6.91. The second-order valence-corrected chi connectivity index (χ2v) is 17.4. The van der Waals surface area contributed by atoms with Crippen molar-refractivity contribution in [2.75, 3.05) is 13.2 Å². The molecule has 3 aliphatic heterocycles. The smallest absolute Gasteiger partial charge is 0.242 e. The molecule has 49 heavy (non-hydrogen) atoms. The molecule has 2 amide bonds. The number of carbonyl (C=O) groups is 2. The lowest BCUT2D eigenvalue weighted by atomic mass is 9.47. The van der Waals surface area contributed by atoms with Crippen molar-refractivity contribution in [2.45, 2.75) is 154 Å². The Morgan fingerprint density at radius 2 is 1.86 bits per heavy atom. The van der Waals surface area contributed by atoms with Crippen molar-refractivity contribution < 1.29 is 43.9 Å². The van der Waals surface area contributed by atoms with Gasteiger partial charge in [0.05, 0.1) is 25.4 Å². The van der Waals surface area contributed by atoms with Gasteiger partial charge in [-0.25, -0.2) is 0 Å². The number of hydrogen-bond donors (Lipinski definition) is 5. The number of rotatable bonds is 6. The first-order valence-electron chi connectivity index (χ1n) is 19.1. The number of fused-ring (bicyclic) bond motifs is 7. The minimum atomic E-state index is -1.43. The molecule has 3 heterocycles. The quantitative estimate of drug-likeness (QED) is 0.265. The predicted molar refractivity (Wildman–Crippen MR) is 180 cm³/mol. The lowest BCUT2D eigenvalue weighted by Gasteiger charge is -2.58. The molecule has 3 saturated heterocycles. The van der Waals surface area contributed by atoms with Crippen LogP contribution in [0.3, 0.4) is 0 Å². The first-order chi connectivity index (χ1) is 23.2. The molecular weight excluding hydrogens is 628 g/mol. The van der Waals surface area contributed by atoms with Crippen molar-refractivity contribution in [2.24, 2.45) is 46.3 Å². The van der Waals surface area contributed by atoms with Gasteiger partial charge in [-0.05, 0) is 98.7 Å². The van der Waals surface area contributed by atoms with Gasteiger partial charge in [-0.1, -0.05) is 39.3 Å². The molecule has 1 spiro atoms. The van der Waals surface area contributed by atoms with Crippen LogP contribution in [0.2, 0.25) is 0 Å². The molecule has 7 aliphatic rings. The van der Waals surface area contributed by atoms with E-state index in [4.69, 9.17) is 18.9 Å². The minimum absolute atomic E-state index is 0.0797. The molecule has 11 nitrogen and oxygen atoms in total. The van der Waals surface area contributed by atoms with Gasteiger partial charge in [0.15, 0.2) is 12.1 Å². The molecule has 0 aromatic rings. The van der Waals surface area contributed by atoms with E-state index in [9.17, 15) is 24.9 Å². The molecule has 3 saturated carbocycles. The average molecular weight is 689 g/mol. The molecule has 4 aliphatic carbocycles. The number of amides is 2. The summed E-state index contributed by atoms with van der Waals surface area (Å²) >= 11 is 0. The molecule has 0 unspecified atom stereocenters. The summed E-state index contributed by atoms with van der Waals surface area (Å²) in [5.41, 5.74) is 1.76. The number of carbonyl (C=O) groups excluding carboxylic acids is 2. The first-order valence-corrected chi connectivity index (χ1v) is 19.1. The van der Waals surface area contributed by atoms with Crippen LogP contribution in [0.25, 0.3) is 0 Å². The minimum Gasteiger partial charge on any atom is -0.394 e. The summed E-state index contributed by atoms with van der Waals surface area (Å²) in [6.45, 7) is 12.9. The average Bonchev–Trinajstić information content (AvgIpc) is 3.51. The maximum Gasteiger partial charge on any atom is 0.242 e. The predicted octanol–water partition coefficient (Wildman–Crippen LogP) is 3.19. The zero-order chi connectivity index (χ0) is 35.0. The standard InChI is InChI=1S/C38H60N2O9/c1-19-9-14-38(46-18-19)20(2)30-28(49-38)16-27-25-8-7-23-15-24(10-12-36(23,5)26(25)11-13-37(27,30)6)47-35-31(33(44)32(43)29(17-41)48-35)40-34(45)21(3)39-22(4)42/h7,19-21,24-33,35,41,43-44H,8-18H2,1-6H3,(H,39,42)(H,40,45)/t19-,20+,21+,24+,25-,26+,27+,28+,29-,30+,31-,32-,33-,35-,36+,37+,38-/m1/s1. The lowest BCUT2D eigenvalue weighted by Crippen LogP contribution is -2.66. The van der Waals surface area contributed by atoms with Crippen molar-refractivity contribution in [1.29, 1.82) is 0 Å². The van der Waals surface area contributed by atoms with E-state index >= 15 is 0 Å². The summed E-state index contributed by atoms with van der Waals surface area (Å²) in [6, 6.07) is -1.94. The Balaban J connectivity index is 1.04. The molecule has 7 rings (SSSR count). The fraction of sp³-hybridized carbons (Fsp3) is 0.895. The number of hydrogen-bond acceptors (Lipinski definition) is 9. The van der Waals surface area contributed by atoms with Crippen LogP contribution in [0.5, 0.6) is 0 Å². The van der Waals surface area contributed by atoms with Crippen molar-refractivity contribution in [3.63, 3.8) is 0 Å². The van der Waals surface area contributed by atoms with Crippen molar-refractivity contribution in [3.8, 4) is 0 Å². The second kappa shape index (κ2) is 13.1. The number of nitrogens with one attached hydrogen (secondary N) is 2. The Morgan fingerprint density at radius 3 is 2.55 bits per heavy atom. The highest BCUT2D eigenvalue weighted by atomic mass is 16.7. The Labute approximate surface area is 291 Å². The molecule has 17 atom stereocenters. The molecule has 276 valence electrons. The van der Waals surface area contributed by atoms with E-state index in [0.29, 0.717) is 35.5 Å². The van der Waals surface area contributed by atoms with Crippen molar-refractivity contribution in [3.05, 3.63) is 11.6 Å². The van der Waals surface area contributed by atoms with Gasteiger partial charge in [-0.2, -0.15) is 0 Å². The van der Waals surface area contributed by atoms with Gasteiger partial charge in [-0.15, -0.1) is 0 Å². The molecule has 0 bridgehead atoms. The van der Waals surface area contributed by atoms with Gasteiger partial charge in [0.25, 0.3) is 0 Å². The summed E-state index contributed by atoms with van der Waals surface area (Å²) in [4.78, 5) is 24.5. The van der Waals surface area contributed by atoms with E-state index in [-0.39, 0.29) is 28.9 Å². The first kappa shape index (κ1) is 35.8. The third kappa shape index (κ3) is 5.91. The summed E-state index contributed by atoms with van der Waals surface area (Å²) < 4.78 is 26.0. The maximum atomic E-state index is 12.9. The number of ether oxygens (including phenoxy) is 4. The van der Waals surface area contributed by atoms with Gasteiger partial charge in [-0.3, -0.25) is 9.59 Å². The molecule has 6 fully saturated rings. The van der Waals surface area contributed by atoms with Crippen LogP contribution in [0.15, 0.2) is 11.6 Å². The fourth-order valence-electron chi connectivity index (χ4n) is 12.0. The Bertz CT molecular complexity index is 1300. The second-order valence-electron chi connectivity index (χ2n) is 17.4. The van der Waals surface area contributed by atoms with Crippen LogP contribution < -0.4 is 10.6 Å². The molecule has 0 aromatic heterocycles. The van der Waals surface area contributed by atoms with Crippen LogP contribution >= 0.6 is 0 Å². The van der Waals surface area contributed by atoms with E-state index < -0.39 is 55.0 Å². The highest BCUT2D eigenvalue weighted by Crippen LogP contribution is 2.70. The lowest BCUT2D eigenvalue weighted by molar-refractivity contribution is -0.284. The van der Waals surface area contributed by atoms with Crippen LogP contribution in [0.4, 0.5) is 0 Å². The number of aliphatic hydroxyl groups is 3. The van der Waals surface area contributed by atoms with Gasteiger partial charge in [0.1, 0.15) is 30.4 Å². The number of aliphatic hydroxyl groups excluding tert-OH is 3. The Hall–Kier alpha value is -1.60. The van der Waals surface area contributed by atoms with Gasteiger partial charge < -0.3 is 44.9 Å². The Morgan fingerprint density at radius 1 is 1.08 bits per heavy atom. The van der Waals surface area contributed by atoms with E-state index in [1.54, 1.807) is 6.92 Å². The zero-order valence-corrected chi connectivity index (χ0v) is 30.2. The molecular formula is C38H60N2O9. The van der Waals surface area contributed by atoms with E-state index in [1.807, 2.05) is 0 Å². The van der Waals surface area contributed by atoms with Crippen molar-refractivity contribution >= 4 is 11.8 Å².